The van der Waals surface area contributed by atoms with Crippen molar-refractivity contribution in [2.45, 2.75) is 19.5 Å². The zero-order valence-corrected chi connectivity index (χ0v) is 8.59. The third kappa shape index (κ3) is 4.05. The van der Waals surface area contributed by atoms with Crippen molar-refractivity contribution in [2.24, 2.45) is 5.73 Å². The van der Waals surface area contributed by atoms with Gasteiger partial charge in [-0.3, -0.25) is 9.59 Å². The lowest BCUT2D eigenvalue weighted by Crippen LogP contribution is -2.25. The average molecular weight is 227 g/mol. The van der Waals surface area contributed by atoms with E-state index in [1.165, 1.54) is 10.9 Å². The number of carbonyl (C=O) groups excluding carboxylic acids is 1. The highest BCUT2D eigenvalue weighted by atomic mass is 16.4. The quantitative estimate of drug-likeness (QED) is 0.533. The molecule has 8 nitrogen and oxygen atoms in total. The summed E-state index contributed by atoms with van der Waals surface area (Å²) in [6.07, 6.45) is 1.72. The minimum Gasteiger partial charge on any atom is -0.480 e. The molecule has 0 radical (unpaired) electrons. The zero-order valence-electron chi connectivity index (χ0n) is 8.59. The topological polar surface area (TPSA) is 123 Å². The number of amides is 1. The Morgan fingerprint density at radius 3 is 2.94 bits per heavy atom. The van der Waals surface area contributed by atoms with Crippen molar-refractivity contribution in [3.05, 3.63) is 11.9 Å². The molecule has 1 heterocycles. The molecule has 0 unspecified atom stereocenters. The summed E-state index contributed by atoms with van der Waals surface area (Å²) >= 11 is 0. The average Bonchev–Trinajstić information content (AvgIpc) is 2.62. The fraction of sp³-hybridized carbons (Fsp3) is 0.500. The summed E-state index contributed by atoms with van der Waals surface area (Å²) in [6.45, 7) is 0.264. The largest absolute Gasteiger partial charge is 0.480 e. The van der Waals surface area contributed by atoms with Crippen LogP contribution in [-0.2, 0) is 22.7 Å². The number of nitrogens with two attached hydrogens (primary N) is 1. The third-order valence-electron chi connectivity index (χ3n) is 1.72. The molecule has 1 rings (SSSR count). The number of carboxylic acid groups (broad SMARTS) is 1. The Morgan fingerprint density at radius 2 is 2.31 bits per heavy atom. The lowest BCUT2D eigenvalue weighted by molar-refractivity contribution is -0.138. The van der Waals surface area contributed by atoms with Gasteiger partial charge in [-0.25, -0.2) is 4.68 Å². The molecule has 16 heavy (non-hydrogen) atoms. The predicted molar refractivity (Wildman–Crippen MR) is 53.2 cm³/mol. The van der Waals surface area contributed by atoms with E-state index in [2.05, 4.69) is 15.6 Å². The fourth-order valence-electron chi connectivity index (χ4n) is 1.04. The van der Waals surface area contributed by atoms with Gasteiger partial charge in [0.25, 0.3) is 0 Å². The first kappa shape index (κ1) is 12.1. The molecule has 0 fully saturated rings. The zero-order chi connectivity index (χ0) is 12.0. The van der Waals surface area contributed by atoms with Crippen LogP contribution in [0.4, 0.5) is 0 Å². The lowest BCUT2D eigenvalue weighted by atomic mass is 10.4. The molecular weight excluding hydrogens is 214 g/mol. The van der Waals surface area contributed by atoms with Crippen LogP contribution >= 0.6 is 0 Å². The summed E-state index contributed by atoms with van der Waals surface area (Å²) in [5.74, 6) is -1.17. The van der Waals surface area contributed by atoms with Crippen LogP contribution in [-0.4, -0.2) is 38.5 Å². The monoisotopic (exact) mass is 227 g/mol. The highest BCUT2D eigenvalue weighted by Gasteiger charge is 2.05. The van der Waals surface area contributed by atoms with Crippen molar-refractivity contribution in [3.8, 4) is 0 Å². The van der Waals surface area contributed by atoms with Crippen molar-refractivity contribution in [3.63, 3.8) is 0 Å². The fourth-order valence-corrected chi connectivity index (χ4v) is 1.04. The standard InChI is InChI=1S/C8H13N5O3/c9-2-1-7(14)10-3-6-4-13(12-11-6)5-8(15)16/h4H,1-3,5,9H2,(H,10,14)(H,15,16). The van der Waals surface area contributed by atoms with Crippen molar-refractivity contribution in [2.75, 3.05) is 6.54 Å². The number of nitrogens with one attached hydrogen (secondary N) is 1. The summed E-state index contributed by atoms with van der Waals surface area (Å²) in [4.78, 5) is 21.4. The Bertz CT molecular complexity index is 376. The Kier molecular flexibility index (Phi) is 4.40. The van der Waals surface area contributed by atoms with Crippen LogP contribution in [0, 0.1) is 0 Å². The highest BCUT2D eigenvalue weighted by Crippen LogP contribution is 1.92. The predicted octanol–water partition coefficient (Wildman–Crippen LogP) is -1.67. The van der Waals surface area contributed by atoms with Gasteiger partial charge in [0.05, 0.1) is 12.7 Å². The van der Waals surface area contributed by atoms with E-state index in [0.717, 1.165) is 0 Å². The van der Waals surface area contributed by atoms with Crippen molar-refractivity contribution >= 4 is 11.9 Å². The third-order valence-corrected chi connectivity index (χ3v) is 1.72. The minimum atomic E-state index is -0.997. The number of aliphatic carboxylic acids is 1. The van der Waals surface area contributed by atoms with E-state index >= 15 is 0 Å². The Morgan fingerprint density at radius 1 is 1.56 bits per heavy atom. The SMILES string of the molecule is NCCC(=O)NCc1cn(CC(=O)O)nn1. The lowest BCUT2D eigenvalue weighted by Gasteiger charge is -1.99. The summed E-state index contributed by atoms with van der Waals surface area (Å²) in [6, 6.07) is 0. The van der Waals surface area contributed by atoms with E-state index in [1.54, 1.807) is 0 Å². The Balaban J connectivity index is 2.40. The maximum atomic E-state index is 11.1. The summed E-state index contributed by atoms with van der Waals surface area (Å²) in [7, 11) is 0. The van der Waals surface area contributed by atoms with Gasteiger partial charge in [0.2, 0.25) is 5.91 Å². The van der Waals surface area contributed by atoms with Gasteiger partial charge in [-0.05, 0) is 0 Å². The normalized spacial score (nSPS) is 10.1. The van der Waals surface area contributed by atoms with E-state index in [9.17, 15) is 9.59 Å². The number of rotatable bonds is 6. The van der Waals surface area contributed by atoms with Crippen LogP contribution < -0.4 is 11.1 Å². The van der Waals surface area contributed by atoms with E-state index in [4.69, 9.17) is 10.8 Å². The molecule has 1 aromatic rings. The summed E-state index contributed by atoms with van der Waals surface area (Å²) in [5, 5.41) is 18.4. The number of hydrogen-bond donors (Lipinski definition) is 3. The van der Waals surface area contributed by atoms with Gasteiger partial charge in [0, 0.05) is 13.0 Å². The molecule has 0 bridgehead atoms. The minimum absolute atomic E-state index is 0.171. The van der Waals surface area contributed by atoms with Gasteiger partial charge < -0.3 is 16.2 Å². The van der Waals surface area contributed by atoms with Gasteiger partial charge in [0.1, 0.15) is 12.2 Å². The summed E-state index contributed by atoms with van der Waals surface area (Å²) in [5.41, 5.74) is 5.71. The second-order valence-corrected chi connectivity index (χ2v) is 3.12. The molecule has 0 aliphatic carbocycles. The molecule has 1 amide bonds. The molecule has 0 aliphatic heterocycles. The van der Waals surface area contributed by atoms with Crippen LogP contribution in [0.15, 0.2) is 6.20 Å². The van der Waals surface area contributed by atoms with Gasteiger partial charge in [-0.1, -0.05) is 5.21 Å². The molecule has 0 spiro atoms. The number of hydrogen-bond acceptors (Lipinski definition) is 5. The maximum Gasteiger partial charge on any atom is 0.325 e. The second kappa shape index (κ2) is 5.81. The van der Waals surface area contributed by atoms with Gasteiger partial charge in [0.15, 0.2) is 0 Å². The molecule has 8 heteroatoms. The van der Waals surface area contributed by atoms with E-state index in [1.807, 2.05) is 0 Å². The molecule has 4 N–H and O–H groups in total. The van der Waals surface area contributed by atoms with Crippen molar-refractivity contribution < 1.29 is 14.7 Å². The molecule has 0 aromatic carbocycles. The van der Waals surface area contributed by atoms with Crippen LogP contribution in [0.5, 0.6) is 0 Å². The summed E-state index contributed by atoms with van der Waals surface area (Å²) < 4.78 is 1.19. The smallest absolute Gasteiger partial charge is 0.325 e. The molecule has 0 aliphatic rings. The Hall–Kier alpha value is -1.96. The van der Waals surface area contributed by atoms with Crippen LogP contribution in [0.1, 0.15) is 12.1 Å². The van der Waals surface area contributed by atoms with Crippen molar-refractivity contribution in [1.82, 2.24) is 20.3 Å². The van der Waals surface area contributed by atoms with Crippen LogP contribution in [0.2, 0.25) is 0 Å². The maximum absolute atomic E-state index is 11.1. The first-order valence-electron chi connectivity index (χ1n) is 4.69. The first-order chi connectivity index (χ1) is 7.61. The van der Waals surface area contributed by atoms with Crippen LogP contribution in [0.3, 0.4) is 0 Å². The highest BCUT2D eigenvalue weighted by molar-refractivity contribution is 5.75. The van der Waals surface area contributed by atoms with Gasteiger partial charge in [-0.2, -0.15) is 0 Å². The number of carboxylic acids is 1. The molecular formula is C8H13N5O3. The molecule has 0 saturated carbocycles. The number of aromatic nitrogens is 3. The molecule has 1 aromatic heterocycles. The molecule has 0 atom stereocenters. The van der Waals surface area contributed by atoms with Crippen molar-refractivity contribution in [1.29, 1.82) is 0 Å². The van der Waals surface area contributed by atoms with E-state index in [-0.39, 0.29) is 32.0 Å². The van der Waals surface area contributed by atoms with Gasteiger partial charge >= 0.3 is 5.97 Å². The second-order valence-electron chi connectivity index (χ2n) is 3.12. The number of carbonyl (C=O) groups is 2. The van der Waals surface area contributed by atoms with E-state index < -0.39 is 5.97 Å². The number of nitrogens with zero attached hydrogens (tertiary/aromatic N) is 3. The van der Waals surface area contributed by atoms with Gasteiger partial charge in [-0.15, -0.1) is 5.10 Å². The van der Waals surface area contributed by atoms with Crippen LogP contribution in [0.25, 0.3) is 0 Å². The molecule has 0 saturated heterocycles. The molecule has 88 valence electrons. The Labute approximate surface area is 91.4 Å². The van der Waals surface area contributed by atoms with E-state index in [0.29, 0.717) is 5.69 Å². The first-order valence-corrected chi connectivity index (χ1v) is 4.69.